The maximum atomic E-state index is 12.5. The fourth-order valence-electron chi connectivity index (χ4n) is 15.7. The lowest BCUT2D eigenvalue weighted by atomic mass is 9.70. The van der Waals surface area contributed by atoms with Crippen LogP contribution in [0, 0.1) is 0 Å². The van der Waals surface area contributed by atoms with E-state index in [0.29, 0.717) is 61.0 Å². The molecule has 0 bridgehead atoms. The van der Waals surface area contributed by atoms with E-state index in [9.17, 15) is 19.2 Å². The van der Waals surface area contributed by atoms with E-state index in [-0.39, 0.29) is 65.1 Å². The van der Waals surface area contributed by atoms with Crippen molar-refractivity contribution in [3.8, 4) is 78.8 Å². The minimum absolute atomic E-state index is 0. The number of ether oxygens (including phenoxy) is 4. The second-order valence-corrected chi connectivity index (χ2v) is 35.8. The second kappa shape index (κ2) is 38.5. The van der Waals surface area contributed by atoms with Crippen LogP contribution in [-0.4, -0.2) is 116 Å². The summed E-state index contributed by atoms with van der Waals surface area (Å²) in [5.74, 6) is 0.984. The van der Waals surface area contributed by atoms with E-state index in [0.717, 1.165) is 140 Å². The summed E-state index contributed by atoms with van der Waals surface area (Å²) in [6, 6.07) is 71.6. The van der Waals surface area contributed by atoms with Crippen molar-refractivity contribution in [2.75, 3.05) is 14.2 Å². The van der Waals surface area contributed by atoms with Gasteiger partial charge in [0, 0.05) is 38.9 Å². The fourth-order valence-corrected chi connectivity index (χ4v) is 16.1. The molecule has 0 radical (unpaired) electrons. The van der Waals surface area contributed by atoms with Crippen LogP contribution in [-0.2, 0) is 35.4 Å². The van der Waals surface area contributed by atoms with E-state index in [1.807, 2.05) is 181 Å². The molecule has 8 aromatic heterocycles. The summed E-state index contributed by atoms with van der Waals surface area (Å²) in [5.41, 5.74) is 20.4. The third-order valence-corrected chi connectivity index (χ3v) is 24.2. The highest BCUT2D eigenvalue weighted by Gasteiger charge is 2.52. The van der Waals surface area contributed by atoms with Gasteiger partial charge in [0.25, 0.3) is 11.1 Å². The number of nitrogens with one attached hydrogen (secondary N) is 4. The maximum Gasteiger partial charge on any atom is 0.494 e. The SMILES string of the molecule is CC(C)(C)OC(=O)NC1(c2ccc(B3OC(C)(C)C(C)(C)O3)cc2)CCC1.COc1ncnc2nc(-c3ccc(C4(NC(=O)OC(C)(C)C)CCC4)cc3)c(-c3ccccc3)cc12.COc1ncnc2nc(Cl)c(-c3ccccc3)cc12.Cl.NC1(c2ccc(-c3nc4nc[nH]c(=O)c4cc3-c3ccccc3)cc2)CCC1.O=c1[nH]c2ncnc(Cl)c2cc1-c1ccccc1. The van der Waals surface area contributed by atoms with Gasteiger partial charge in [-0.1, -0.05) is 217 Å². The van der Waals surface area contributed by atoms with Gasteiger partial charge in [-0.15, -0.1) is 12.4 Å². The summed E-state index contributed by atoms with van der Waals surface area (Å²) >= 11 is 12.2. The van der Waals surface area contributed by atoms with Gasteiger partial charge in [0.2, 0.25) is 11.8 Å². The average molecular weight is 1790 g/mol. The van der Waals surface area contributed by atoms with Crippen LogP contribution in [0.15, 0.2) is 253 Å². The lowest BCUT2D eigenvalue weighted by molar-refractivity contribution is 0.00578. The summed E-state index contributed by atoms with van der Waals surface area (Å²) in [6.07, 6.45) is 13.8. The van der Waals surface area contributed by atoms with Gasteiger partial charge in [-0.2, -0.15) is 0 Å². The molecule has 129 heavy (non-hydrogen) atoms. The Labute approximate surface area is 764 Å². The summed E-state index contributed by atoms with van der Waals surface area (Å²) < 4.78 is 33.9. The topological polar surface area (TPSA) is 334 Å². The maximum absolute atomic E-state index is 12.5. The normalized spacial score (nSPS) is 15.3. The highest BCUT2D eigenvalue weighted by molar-refractivity contribution is 6.62. The molecule has 0 unspecified atom stereocenters. The van der Waals surface area contributed by atoms with Gasteiger partial charge in [-0.25, -0.2) is 59.4 Å². The number of amides is 2. The monoisotopic (exact) mass is 1790 g/mol. The number of benzene rings is 7. The van der Waals surface area contributed by atoms with Crippen LogP contribution < -0.4 is 42.4 Å². The van der Waals surface area contributed by atoms with Gasteiger partial charge in [-0.05, 0) is 196 Å². The third-order valence-electron chi connectivity index (χ3n) is 23.7. The number of methoxy groups -OCH3 is 2. The highest BCUT2D eigenvalue weighted by atomic mass is 35.5. The Bertz CT molecular complexity index is 6630. The first-order valence-corrected chi connectivity index (χ1v) is 43.2. The first-order chi connectivity index (χ1) is 61.3. The van der Waals surface area contributed by atoms with E-state index in [1.54, 1.807) is 20.3 Å². The molecule has 29 heteroatoms. The molecule has 1 saturated heterocycles. The van der Waals surface area contributed by atoms with Gasteiger partial charge in [-0.3, -0.25) is 9.59 Å². The summed E-state index contributed by atoms with van der Waals surface area (Å²) in [7, 11) is 2.79. The Hall–Kier alpha value is -12.9. The Kier molecular flexibility index (Phi) is 27.6. The predicted molar refractivity (Wildman–Crippen MR) is 510 cm³/mol. The molecule has 4 aliphatic rings. The smallest absolute Gasteiger partial charge is 0.480 e. The molecule has 4 fully saturated rings. The lowest BCUT2D eigenvalue weighted by Gasteiger charge is -2.43. The number of hydrogen-bond donors (Lipinski definition) is 5. The number of pyridine rings is 4. The lowest BCUT2D eigenvalue weighted by Crippen LogP contribution is -2.52. The molecule has 6 N–H and O–H groups in total. The standard InChI is InChI=1S/C29H30N4O3.C23H20N4O.C21H32BNO4.C14H10ClN3O.C13H8ClN3O.ClH/c1-28(2,3)36-27(34)33-29(15-8-16-29)21-13-11-20(12-14-21)24-22(19-9-6-5-7-10-19)17-23-25(32-24)30-18-31-26(23)35-4;24-23(11-4-12-23)17-9-7-16(8-10-17)20-18(15-5-2-1-3-6-15)13-19-21(27-20)25-14-26-22(19)28;1-18(2,3)25-17(24)23-21(13-8-14-21)15-9-11-16(12-10-15)22-26-19(4,5)20(6,7)27-22;1-19-14-11-7-10(9-5-3-2-4-6-9)12(15)18-13(11)16-8-17-14;14-11-10-6-9(8-4-2-1-3-5-8)13(18)17-12(10)16-7-15-11;/h5-7,9-14,17-18H,8,15-16H2,1-4H3,(H,33,34);1-3,5-10,13-14H,4,11-12,24H2,(H,25,26,27,28);9-12H,8,13-14H2,1-7H3,(H,23,24);2-8H,1H3;1-7H,(H,15,16,17,18);1H. The molecule has 19 rings (SSSR count). The number of hydrogen-bond acceptors (Lipinski definition) is 21. The van der Waals surface area contributed by atoms with Crippen LogP contribution in [0.4, 0.5) is 9.59 Å². The van der Waals surface area contributed by atoms with Crippen LogP contribution in [0.2, 0.25) is 10.3 Å². The molecule has 3 saturated carbocycles. The van der Waals surface area contributed by atoms with Crippen molar-refractivity contribution in [2.45, 2.75) is 166 Å². The molecule has 660 valence electrons. The molecule has 1 aliphatic heterocycles. The Morgan fingerprint density at radius 2 is 0.822 bits per heavy atom. The second-order valence-electron chi connectivity index (χ2n) is 35.1. The predicted octanol–water partition coefficient (Wildman–Crippen LogP) is 20.6. The molecule has 3 aliphatic carbocycles. The van der Waals surface area contributed by atoms with Crippen LogP contribution >= 0.6 is 35.6 Å². The Balaban J connectivity index is 0.000000133. The number of carbonyl (C=O) groups is 2. The zero-order valence-electron chi connectivity index (χ0n) is 73.8. The Morgan fingerprint density at radius 1 is 0.434 bits per heavy atom. The minimum Gasteiger partial charge on any atom is -0.480 e. The molecule has 15 aromatic rings. The minimum atomic E-state index is -0.541. The molecule has 25 nitrogen and oxygen atoms in total. The fraction of sp³-hybridized carbons (Fsp3) is 0.280. The molecular weight excluding hydrogens is 1690 g/mol. The number of H-pyrrole nitrogens is 2. The third kappa shape index (κ3) is 20.8. The molecule has 2 amide bonds. The number of aromatic amines is 2. The van der Waals surface area contributed by atoms with Crippen LogP contribution in [0.3, 0.4) is 0 Å². The molecular formula is C100H101BCl3N15O10. The highest BCUT2D eigenvalue weighted by Crippen LogP contribution is 2.46. The molecule has 9 heterocycles. The van der Waals surface area contributed by atoms with Gasteiger partial charge >= 0.3 is 19.3 Å². The summed E-state index contributed by atoms with van der Waals surface area (Å²) in [5, 5.41) is 9.59. The molecule has 7 aromatic carbocycles. The van der Waals surface area contributed by atoms with Gasteiger partial charge in [0.1, 0.15) is 46.1 Å². The van der Waals surface area contributed by atoms with Gasteiger partial charge in [0.05, 0.1) is 75.8 Å². The number of rotatable bonds is 14. The van der Waals surface area contributed by atoms with Gasteiger partial charge in [0.15, 0.2) is 16.9 Å². The van der Waals surface area contributed by atoms with Crippen molar-refractivity contribution in [1.82, 2.24) is 70.4 Å². The number of nitrogens with zero attached hydrogens (tertiary/aromatic N) is 10. The average Bonchev–Trinajstić information content (AvgIpc) is 1.61. The van der Waals surface area contributed by atoms with Crippen LogP contribution in [0.25, 0.3) is 111 Å². The summed E-state index contributed by atoms with van der Waals surface area (Å²) in [6.45, 7) is 19.4. The van der Waals surface area contributed by atoms with Gasteiger partial charge < -0.3 is 54.6 Å². The quantitative estimate of drug-likeness (QED) is 0.0383. The van der Waals surface area contributed by atoms with Crippen molar-refractivity contribution in [3.63, 3.8) is 0 Å². The van der Waals surface area contributed by atoms with Crippen molar-refractivity contribution >= 4 is 105 Å². The zero-order chi connectivity index (χ0) is 90.3. The van der Waals surface area contributed by atoms with Crippen LogP contribution in [0.1, 0.15) is 144 Å². The largest absolute Gasteiger partial charge is 0.494 e. The van der Waals surface area contributed by atoms with Crippen LogP contribution in [0.5, 0.6) is 11.8 Å². The number of alkyl carbamates (subject to hydrolysis) is 2. The van der Waals surface area contributed by atoms with E-state index < -0.39 is 16.7 Å². The first-order valence-electron chi connectivity index (χ1n) is 42.5. The number of nitrogens with two attached hydrogens (primary N) is 1. The molecule has 0 spiro atoms. The van der Waals surface area contributed by atoms with Crippen molar-refractivity contribution < 1.29 is 37.8 Å². The Morgan fingerprint density at radius 3 is 1.25 bits per heavy atom. The number of fused-ring (bicyclic) bond motifs is 4. The van der Waals surface area contributed by atoms with E-state index >= 15 is 0 Å². The number of aromatic nitrogens is 12. The molecule has 0 atom stereocenters. The van der Waals surface area contributed by atoms with Crippen molar-refractivity contribution in [3.05, 3.63) is 291 Å². The first kappa shape index (κ1) is 92.2. The van der Waals surface area contributed by atoms with Crippen molar-refractivity contribution in [1.29, 1.82) is 0 Å². The van der Waals surface area contributed by atoms with E-state index in [4.69, 9.17) is 67.2 Å². The van der Waals surface area contributed by atoms with Crippen molar-refractivity contribution in [2.24, 2.45) is 5.73 Å². The summed E-state index contributed by atoms with van der Waals surface area (Å²) in [4.78, 5) is 97.3. The zero-order valence-corrected chi connectivity index (χ0v) is 76.2. The van der Waals surface area contributed by atoms with E-state index in [1.165, 1.54) is 37.3 Å². The number of carbonyl (C=O) groups excluding carboxylic acids is 2. The number of halogens is 3. The van der Waals surface area contributed by atoms with E-state index in [2.05, 4.69) is 161 Å².